The molecule has 3 aromatic rings. The molecule has 0 aliphatic rings. The normalized spacial score (nSPS) is 12.3. The van der Waals surface area contributed by atoms with Gasteiger partial charge in [-0.25, -0.2) is 17.7 Å². The standard InChI is InChI=1S/C18H18ClN3O2S2.ClH/c1-21(2)26(23,24)17-11-13(9-10-15(17)19)16-12-25-18(22(16)3)20-14-7-5-4-6-8-14;/h4-12H,1-3H3;1H. The highest BCUT2D eigenvalue weighted by Gasteiger charge is 2.22. The number of aromatic nitrogens is 1. The van der Waals surface area contributed by atoms with Gasteiger partial charge in [0.05, 0.1) is 16.4 Å². The first-order valence-electron chi connectivity index (χ1n) is 7.77. The van der Waals surface area contributed by atoms with E-state index in [1.807, 2.05) is 53.4 Å². The minimum absolute atomic E-state index is 0. The first-order chi connectivity index (χ1) is 12.3. The highest BCUT2D eigenvalue weighted by Crippen LogP contribution is 2.29. The van der Waals surface area contributed by atoms with E-state index >= 15 is 0 Å². The Morgan fingerprint density at radius 2 is 1.78 bits per heavy atom. The molecule has 27 heavy (non-hydrogen) atoms. The number of thiazole rings is 1. The van der Waals surface area contributed by atoms with Crippen molar-refractivity contribution in [3.05, 3.63) is 63.7 Å². The third-order valence-electron chi connectivity index (χ3n) is 3.89. The molecule has 3 rings (SSSR count). The van der Waals surface area contributed by atoms with Gasteiger partial charge in [0.1, 0.15) is 4.90 Å². The van der Waals surface area contributed by atoms with Crippen molar-refractivity contribution in [3.8, 4) is 11.3 Å². The van der Waals surface area contributed by atoms with E-state index in [1.165, 1.54) is 25.4 Å². The lowest BCUT2D eigenvalue weighted by atomic mass is 10.2. The Balaban J connectivity index is 0.00000261. The fraction of sp³-hybridized carbons (Fsp3) is 0.167. The third kappa shape index (κ3) is 4.44. The second-order valence-electron chi connectivity index (χ2n) is 5.84. The average Bonchev–Trinajstić information content (AvgIpc) is 2.97. The van der Waals surface area contributed by atoms with E-state index < -0.39 is 10.0 Å². The number of sulfonamides is 1. The van der Waals surface area contributed by atoms with Crippen LogP contribution in [0, 0.1) is 0 Å². The summed E-state index contributed by atoms with van der Waals surface area (Å²) in [5.74, 6) is 0. The van der Waals surface area contributed by atoms with Crippen LogP contribution in [0.3, 0.4) is 0 Å². The van der Waals surface area contributed by atoms with Crippen molar-refractivity contribution in [2.75, 3.05) is 14.1 Å². The van der Waals surface area contributed by atoms with Gasteiger partial charge in [0.15, 0.2) is 4.80 Å². The Morgan fingerprint density at radius 3 is 2.41 bits per heavy atom. The molecule has 0 aliphatic heterocycles. The van der Waals surface area contributed by atoms with Crippen molar-refractivity contribution in [1.82, 2.24) is 8.87 Å². The Morgan fingerprint density at radius 1 is 1.11 bits per heavy atom. The molecular formula is C18H19Cl2N3O2S2. The van der Waals surface area contributed by atoms with Gasteiger partial charge in [0, 0.05) is 32.1 Å². The van der Waals surface area contributed by atoms with Crippen molar-refractivity contribution in [3.63, 3.8) is 0 Å². The van der Waals surface area contributed by atoms with Gasteiger partial charge in [-0.1, -0.05) is 35.9 Å². The van der Waals surface area contributed by atoms with E-state index in [0.717, 1.165) is 26.1 Å². The SMILES string of the molecule is CN(C)S(=O)(=O)c1cc(-c2csc(=Nc3ccccc3)n2C)ccc1Cl.Cl. The fourth-order valence-electron chi connectivity index (χ4n) is 2.40. The number of rotatable bonds is 4. The smallest absolute Gasteiger partial charge is 0.244 e. The van der Waals surface area contributed by atoms with Gasteiger partial charge < -0.3 is 4.57 Å². The second kappa shape index (κ2) is 8.58. The van der Waals surface area contributed by atoms with E-state index in [4.69, 9.17) is 11.6 Å². The zero-order valence-electron chi connectivity index (χ0n) is 15.0. The fourth-order valence-corrected chi connectivity index (χ4v) is 4.72. The summed E-state index contributed by atoms with van der Waals surface area (Å²) in [6.07, 6.45) is 0. The van der Waals surface area contributed by atoms with Crippen LogP contribution >= 0.6 is 35.3 Å². The van der Waals surface area contributed by atoms with Gasteiger partial charge in [-0.05, 0) is 24.3 Å². The average molecular weight is 444 g/mol. The highest BCUT2D eigenvalue weighted by atomic mass is 35.5. The number of nitrogens with zero attached hydrogens (tertiary/aromatic N) is 3. The Hall–Kier alpha value is -1.64. The molecular weight excluding hydrogens is 425 g/mol. The predicted octanol–water partition coefficient (Wildman–Crippen LogP) is 4.31. The summed E-state index contributed by atoms with van der Waals surface area (Å²) < 4.78 is 28.1. The molecule has 0 aliphatic carbocycles. The maximum atomic E-state index is 12.5. The van der Waals surface area contributed by atoms with E-state index in [1.54, 1.807) is 12.1 Å². The van der Waals surface area contributed by atoms with Crippen LogP contribution in [0.1, 0.15) is 0 Å². The molecule has 0 amide bonds. The number of hydrogen-bond acceptors (Lipinski definition) is 4. The largest absolute Gasteiger partial charge is 0.320 e. The van der Waals surface area contributed by atoms with Crippen molar-refractivity contribution in [2.45, 2.75) is 4.90 Å². The van der Waals surface area contributed by atoms with E-state index in [9.17, 15) is 8.42 Å². The van der Waals surface area contributed by atoms with Crippen LogP contribution in [0.2, 0.25) is 5.02 Å². The van der Waals surface area contributed by atoms with E-state index in [-0.39, 0.29) is 22.3 Å². The van der Waals surface area contributed by atoms with E-state index in [2.05, 4.69) is 4.99 Å². The maximum Gasteiger partial charge on any atom is 0.244 e. The van der Waals surface area contributed by atoms with Gasteiger partial charge in [0.25, 0.3) is 0 Å². The van der Waals surface area contributed by atoms with Crippen LogP contribution in [0.25, 0.3) is 11.3 Å². The quantitative estimate of drug-likeness (QED) is 0.602. The van der Waals surface area contributed by atoms with Crippen LogP contribution in [-0.2, 0) is 17.1 Å². The number of halogens is 2. The predicted molar refractivity (Wildman–Crippen MR) is 114 cm³/mol. The second-order valence-corrected chi connectivity index (χ2v) is 9.21. The summed E-state index contributed by atoms with van der Waals surface area (Å²) in [5.41, 5.74) is 2.50. The Kier molecular flexibility index (Phi) is 6.88. The lowest BCUT2D eigenvalue weighted by molar-refractivity contribution is 0.521. The van der Waals surface area contributed by atoms with Gasteiger partial charge in [-0.3, -0.25) is 0 Å². The molecule has 0 saturated heterocycles. The van der Waals surface area contributed by atoms with Crippen LogP contribution in [0.5, 0.6) is 0 Å². The van der Waals surface area contributed by atoms with Gasteiger partial charge in [-0.2, -0.15) is 0 Å². The highest BCUT2D eigenvalue weighted by molar-refractivity contribution is 7.89. The molecule has 9 heteroatoms. The van der Waals surface area contributed by atoms with Crippen molar-refractivity contribution >= 4 is 51.1 Å². The lowest BCUT2D eigenvalue weighted by Gasteiger charge is -2.14. The third-order valence-corrected chi connectivity index (χ3v) is 7.10. The van der Waals surface area contributed by atoms with Gasteiger partial charge in [0.2, 0.25) is 10.0 Å². The number of benzene rings is 2. The lowest BCUT2D eigenvalue weighted by Crippen LogP contribution is -2.22. The zero-order valence-corrected chi connectivity index (χ0v) is 18.2. The summed E-state index contributed by atoms with van der Waals surface area (Å²) in [5, 5.41) is 2.16. The summed E-state index contributed by atoms with van der Waals surface area (Å²) >= 11 is 7.63. The van der Waals surface area contributed by atoms with Crippen LogP contribution in [-0.4, -0.2) is 31.4 Å². The summed E-state index contributed by atoms with van der Waals surface area (Å²) in [6.45, 7) is 0. The molecule has 0 N–H and O–H groups in total. The molecule has 2 aromatic carbocycles. The molecule has 1 heterocycles. The number of hydrogen-bond donors (Lipinski definition) is 0. The zero-order chi connectivity index (χ0) is 18.9. The van der Waals surface area contributed by atoms with Gasteiger partial charge in [-0.15, -0.1) is 23.7 Å². The molecule has 0 fully saturated rings. The molecule has 144 valence electrons. The first-order valence-corrected chi connectivity index (χ1v) is 10.5. The monoisotopic (exact) mass is 443 g/mol. The van der Waals surface area contributed by atoms with Crippen molar-refractivity contribution < 1.29 is 8.42 Å². The van der Waals surface area contributed by atoms with Crippen molar-refractivity contribution in [1.29, 1.82) is 0 Å². The van der Waals surface area contributed by atoms with Gasteiger partial charge >= 0.3 is 0 Å². The van der Waals surface area contributed by atoms with E-state index in [0.29, 0.717) is 0 Å². The minimum Gasteiger partial charge on any atom is -0.320 e. The molecule has 0 radical (unpaired) electrons. The molecule has 1 aromatic heterocycles. The molecule has 0 saturated carbocycles. The molecule has 0 unspecified atom stereocenters. The van der Waals surface area contributed by atoms with Crippen molar-refractivity contribution in [2.24, 2.45) is 12.0 Å². The topological polar surface area (TPSA) is 54.7 Å². The minimum atomic E-state index is -3.62. The van der Waals surface area contributed by atoms with Crippen LogP contribution in [0.4, 0.5) is 5.69 Å². The van der Waals surface area contributed by atoms with Crippen LogP contribution < -0.4 is 4.80 Å². The Bertz CT molecular complexity index is 1110. The summed E-state index contributed by atoms with van der Waals surface area (Å²) in [6, 6.07) is 14.7. The number of para-hydroxylation sites is 1. The maximum absolute atomic E-state index is 12.5. The van der Waals surface area contributed by atoms with Crippen LogP contribution in [0.15, 0.2) is 63.8 Å². The first kappa shape index (κ1) is 21.7. The summed E-state index contributed by atoms with van der Waals surface area (Å²) in [7, 11) is 1.26. The molecule has 0 atom stereocenters. The Labute approximate surface area is 174 Å². The molecule has 0 spiro atoms. The molecule has 0 bridgehead atoms. The summed E-state index contributed by atoms with van der Waals surface area (Å²) in [4.78, 5) is 5.54. The molecule has 5 nitrogen and oxygen atoms in total.